The summed E-state index contributed by atoms with van der Waals surface area (Å²) in [5.41, 5.74) is 6.24. The van der Waals surface area contributed by atoms with Gasteiger partial charge in [0.1, 0.15) is 17.5 Å². The van der Waals surface area contributed by atoms with Crippen molar-refractivity contribution in [3.8, 4) is 5.75 Å². The molecule has 240 valence electrons. The second kappa shape index (κ2) is 13.7. The van der Waals surface area contributed by atoms with E-state index < -0.39 is 14.1 Å². The summed E-state index contributed by atoms with van der Waals surface area (Å²) in [6.45, 7) is 9.86. The number of nitrogens with two attached hydrogens (primary N) is 2. The topological polar surface area (TPSA) is 165 Å². The van der Waals surface area contributed by atoms with Gasteiger partial charge in [0.25, 0.3) is 0 Å². The van der Waals surface area contributed by atoms with Crippen LogP contribution < -0.4 is 26.2 Å². The van der Waals surface area contributed by atoms with Gasteiger partial charge in [-0.15, -0.1) is 0 Å². The molecule has 3 aromatic rings. The average molecular weight is 649 g/mol. The largest absolute Gasteiger partial charge is 0.462 e. The van der Waals surface area contributed by atoms with Gasteiger partial charge in [0.05, 0.1) is 25.1 Å². The fraction of sp³-hybridized carbons (Fsp3) is 0.586. The molecule has 1 aromatic carbocycles. The highest BCUT2D eigenvalue weighted by atomic mass is 35.5. The lowest BCUT2D eigenvalue weighted by atomic mass is 9.94. The van der Waals surface area contributed by atoms with Gasteiger partial charge in [-0.05, 0) is 70.2 Å². The third-order valence-electron chi connectivity index (χ3n) is 7.96. The predicted molar refractivity (Wildman–Crippen MR) is 170 cm³/mol. The number of imidazole rings is 1. The predicted octanol–water partition coefficient (Wildman–Crippen LogP) is 5.25. The Bertz CT molecular complexity index is 1440. The molecule has 0 radical (unpaired) electrons. The van der Waals surface area contributed by atoms with Crippen LogP contribution in [0, 0.1) is 5.92 Å². The second-order valence-corrected chi connectivity index (χ2v) is 13.3. The number of nitrogen functional groups attached to an aromatic ring is 1. The molecule has 2 fully saturated rings. The van der Waals surface area contributed by atoms with E-state index in [0.29, 0.717) is 40.6 Å². The van der Waals surface area contributed by atoms with E-state index in [9.17, 15) is 4.79 Å². The minimum Gasteiger partial charge on any atom is -0.462 e. The van der Waals surface area contributed by atoms with Crippen LogP contribution in [0.2, 0.25) is 5.02 Å². The maximum Gasteiger partial charge on any atom is 0.327 e. The van der Waals surface area contributed by atoms with Gasteiger partial charge in [-0.1, -0.05) is 32.4 Å². The molecule has 5 rings (SSSR count). The van der Waals surface area contributed by atoms with E-state index in [1.807, 2.05) is 32.3 Å². The molecule has 4 atom stereocenters. The van der Waals surface area contributed by atoms with E-state index in [4.69, 9.17) is 41.7 Å². The molecule has 2 aliphatic rings. The smallest absolute Gasteiger partial charge is 0.327 e. The zero-order valence-corrected chi connectivity index (χ0v) is 27.4. The Labute approximate surface area is 263 Å². The van der Waals surface area contributed by atoms with Crippen molar-refractivity contribution in [1.29, 1.82) is 0 Å². The number of ether oxygens (including phenoxy) is 2. The highest BCUT2D eigenvalue weighted by Gasteiger charge is 2.42. The van der Waals surface area contributed by atoms with Crippen LogP contribution in [-0.4, -0.2) is 55.9 Å². The molecule has 4 unspecified atom stereocenters. The zero-order chi connectivity index (χ0) is 31.6. The van der Waals surface area contributed by atoms with Crippen LogP contribution in [0.4, 0.5) is 11.8 Å². The first-order valence-electron chi connectivity index (χ1n) is 15.1. The number of halogens is 1. The number of fused-ring (bicyclic) bond motifs is 1. The van der Waals surface area contributed by atoms with E-state index in [1.165, 1.54) is 0 Å². The summed E-state index contributed by atoms with van der Waals surface area (Å²) in [6, 6.07) is 7.23. The van der Waals surface area contributed by atoms with Gasteiger partial charge in [-0.2, -0.15) is 9.97 Å². The van der Waals surface area contributed by atoms with Crippen molar-refractivity contribution >= 4 is 49.0 Å². The number of nitrogens with one attached hydrogen (secondary N) is 1. The van der Waals surface area contributed by atoms with E-state index >= 15 is 0 Å². The molecule has 1 aliphatic heterocycles. The number of carbonyl (C=O) groups excluding carboxylic acids is 1. The molecule has 0 spiro atoms. The third kappa shape index (κ3) is 7.19. The summed E-state index contributed by atoms with van der Waals surface area (Å²) in [4.78, 5) is 26.7. The first kappa shape index (κ1) is 32.6. The van der Waals surface area contributed by atoms with Gasteiger partial charge in [0.15, 0.2) is 17.0 Å². The lowest BCUT2D eigenvalue weighted by Crippen LogP contribution is -2.51. The van der Waals surface area contributed by atoms with Crippen LogP contribution in [0.5, 0.6) is 5.75 Å². The van der Waals surface area contributed by atoms with Crippen molar-refractivity contribution in [1.82, 2.24) is 24.6 Å². The second-order valence-electron chi connectivity index (χ2n) is 11.7. The number of anilines is 2. The molecule has 0 bridgehead atoms. The summed E-state index contributed by atoms with van der Waals surface area (Å²) in [6.07, 6.45) is 4.52. The molecular weight excluding hydrogens is 607 g/mol. The van der Waals surface area contributed by atoms with E-state index in [1.54, 1.807) is 35.6 Å². The summed E-state index contributed by atoms with van der Waals surface area (Å²) in [7, 11) is -1.79. The number of benzene rings is 1. The van der Waals surface area contributed by atoms with Crippen molar-refractivity contribution in [3.05, 3.63) is 35.6 Å². The Morgan fingerprint density at radius 2 is 1.95 bits per heavy atom. The summed E-state index contributed by atoms with van der Waals surface area (Å²) in [5.74, 6) is 7.29. The first-order valence-corrected chi connectivity index (χ1v) is 16.6. The van der Waals surface area contributed by atoms with Crippen molar-refractivity contribution in [2.75, 3.05) is 17.3 Å². The Hall–Kier alpha value is -2.80. The van der Waals surface area contributed by atoms with Crippen LogP contribution in [0.3, 0.4) is 0 Å². The highest BCUT2D eigenvalue weighted by molar-refractivity contribution is 7.45. The zero-order valence-electron chi connectivity index (χ0n) is 25.8. The highest BCUT2D eigenvalue weighted by Crippen LogP contribution is 2.43. The van der Waals surface area contributed by atoms with Crippen LogP contribution in [0.1, 0.15) is 73.0 Å². The Balaban J connectivity index is 1.32. The quantitative estimate of drug-likeness (QED) is 0.0901. The number of carbonyl (C=O) groups is 1. The number of rotatable bonds is 14. The Morgan fingerprint density at radius 3 is 2.59 bits per heavy atom. The molecule has 1 saturated carbocycles. The number of hydrogen-bond donors (Lipinski definition) is 3. The summed E-state index contributed by atoms with van der Waals surface area (Å²) in [5, 5.41) is 5.58. The van der Waals surface area contributed by atoms with Crippen molar-refractivity contribution < 1.29 is 23.3 Å². The Morgan fingerprint density at radius 1 is 1.25 bits per heavy atom. The van der Waals surface area contributed by atoms with Gasteiger partial charge < -0.3 is 24.3 Å². The van der Waals surface area contributed by atoms with Gasteiger partial charge in [-0.25, -0.2) is 15.9 Å². The number of nitrogens with zero attached hydrogens (tertiary/aromatic N) is 5. The maximum atomic E-state index is 13.2. The number of aromatic nitrogens is 4. The van der Waals surface area contributed by atoms with Crippen molar-refractivity contribution in [2.45, 2.75) is 96.7 Å². The fourth-order valence-corrected chi connectivity index (χ4v) is 6.90. The van der Waals surface area contributed by atoms with E-state index in [0.717, 1.165) is 19.3 Å². The summed E-state index contributed by atoms with van der Waals surface area (Å²) >= 11 is 6.09. The molecule has 3 heterocycles. The molecule has 5 N–H and O–H groups in total. The molecule has 44 heavy (non-hydrogen) atoms. The van der Waals surface area contributed by atoms with Crippen LogP contribution in [0.25, 0.3) is 11.2 Å². The van der Waals surface area contributed by atoms with E-state index in [-0.39, 0.29) is 48.9 Å². The average Bonchev–Trinajstić information content (AvgIpc) is 3.66. The van der Waals surface area contributed by atoms with Crippen molar-refractivity contribution in [2.24, 2.45) is 11.8 Å². The third-order valence-corrected chi connectivity index (χ3v) is 9.58. The lowest BCUT2D eigenvalue weighted by molar-refractivity contribution is -0.155. The minimum absolute atomic E-state index is 0.112. The van der Waals surface area contributed by atoms with Gasteiger partial charge in [0, 0.05) is 17.0 Å². The molecule has 2 aromatic heterocycles. The first-order chi connectivity index (χ1) is 21.0. The molecule has 0 amide bonds. The lowest BCUT2D eigenvalue weighted by Gasteiger charge is -2.34. The van der Waals surface area contributed by atoms with Crippen LogP contribution >= 0.6 is 20.1 Å². The van der Waals surface area contributed by atoms with Crippen LogP contribution in [-0.2, 0) is 18.8 Å². The molecule has 15 heteroatoms. The standard InChI is InChI=1S/C29H42ClN8O5P/c1-6-29(7-2,27(39)41-17(3)4)36-44(43-21-12-8-19(30)9-13-21)40-15-22-14-18(5)26(42-22)37-16-33-23-24(37)34-28(31)35-25(23)38(32)20-10-11-20/h8-9,12-13,16-18,20,22,26,36H,6-7,10-11,14-15,32H2,1-5H3,(H2,31,34,35). The molecule has 1 saturated heterocycles. The molecule has 1 aliphatic carbocycles. The molecule has 13 nitrogen and oxygen atoms in total. The number of hydrogen-bond acceptors (Lipinski definition) is 12. The molecular formula is C29H42ClN8O5P. The Kier molecular flexibility index (Phi) is 10.1. The van der Waals surface area contributed by atoms with Gasteiger partial charge >= 0.3 is 14.5 Å². The summed E-state index contributed by atoms with van der Waals surface area (Å²) < 4.78 is 26.6. The van der Waals surface area contributed by atoms with Gasteiger partial charge in [0.2, 0.25) is 5.95 Å². The number of esters is 1. The van der Waals surface area contributed by atoms with E-state index in [2.05, 4.69) is 27.0 Å². The normalized spacial score (nSPS) is 21.1. The monoisotopic (exact) mass is 648 g/mol. The SMILES string of the molecule is CCC(CC)(NP(OCC1CC(C)C(n2cnc3c(N(N)C4CC4)nc(N)nc32)O1)Oc1ccc(Cl)cc1)C(=O)OC(C)C. The fourth-order valence-electron chi connectivity index (χ4n) is 5.24. The van der Waals surface area contributed by atoms with Crippen molar-refractivity contribution in [3.63, 3.8) is 0 Å². The maximum absolute atomic E-state index is 13.2. The minimum atomic E-state index is -1.79. The van der Waals surface area contributed by atoms with Gasteiger partial charge in [-0.3, -0.25) is 14.4 Å². The van der Waals surface area contributed by atoms with Crippen LogP contribution in [0.15, 0.2) is 30.6 Å². The number of hydrazine groups is 1.